The van der Waals surface area contributed by atoms with E-state index in [9.17, 15) is 4.79 Å². The van der Waals surface area contributed by atoms with Gasteiger partial charge < -0.3 is 9.64 Å². The molecule has 2 rings (SSSR count). The van der Waals surface area contributed by atoms with Gasteiger partial charge in [-0.2, -0.15) is 5.06 Å². The molecule has 21 heavy (non-hydrogen) atoms. The lowest BCUT2D eigenvalue weighted by Gasteiger charge is -2.34. The Hall–Kier alpha value is -0.810. The van der Waals surface area contributed by atoms with Crippen molar-refractivity contribution >= 4 is 6.09 Å². The van der Waals surface area contributed by atoms with Crippen molar-refractivity contribution in [2.75, 3.05) is 32.8 Å². The highest BCUT2D eigenvalue weighted by molar-refractivity contribution is 5.68. The van der Waals surface area contributed by atoms with E-state index in [1.165, 1.54) is 19.3 Å². The number of rotatable bonds is 3. The van der Waals surface area contributed by atoms with Gasteiger partial charge in [-0.1, -0.05) is 6.42 Å². The van der Waals surface area contributed by atoms with Gasteiger partial charge in [0.15, 0.2) is 0 Å². The van der Waals surface area contributed by atoms with Gasteiger partial charge in [0.25, 0.3) is 0 Å². The summed E-state index contributed by atoms with van der Waals surface area (Å²) in [7, 11) is 0. The molecule has 2 fully saturated rings. The molecule has 0 N–H and O–H groups in total. The highest BCUT2D eigenvalue weighted by Crippen LogP contribution is 2.21. The first-order valence-corrected chi connectivity index (χ1v) is 8.30. The van der Waals surface area contributed by atoms with Crippen LogP contribution in [0.15, 0.2) is 0 Å². The van der Waals surface area contributed by atoms with Crippen LogP contribution in [0, 0.1) is 5.92 Å². The van der Waals surface area contributed by atoms with Gasteiger partial charge in [-0.3, -0.25) is 4.84 Å². The van der Waals surface area contributed by atoms with E-state index in [1.807, 2.05) is 25.7 Å². The summed E-state index contributed by atoms with van der Waals surface area (Å²) < 4.78 is 5.42. The Morgan fingerprint density at radius 1 is 1.05 bits per heavy atom. The fourth-order valence-electron chi connectivity index (χ4n) is 2.81. The topological polar surface area (TPSA) is 42.0 Å². The van der Waals surface area contributed by atoms with Crippen LogP contribution in [0.1, 0.15) is 52.9 Å². The molecule has 0 spiro atoms. The lowest BCUT2D eigenvalue weighted by molar-refractivity contribution is -0.180. The number of likely N-dealkylation sites (tertiary alicyclic amines) is 1. The molecule has 0 unspecified atom stereocenters. The van der Waals surface area contributed by atoms with E-state index in [4.69, 9.17) is 9.57 Å². The second-order valence-electron chi connectivity index (χ2n) is 7.20. The number of hydrogen-bond donors (Lipinski definition) is 0. The maximum atomic E-state index is 12.0. The lowest BCUT2D eigenvalue weighted by atomic mass is 9.98. The normalized spacial score (nSPS) is 22.3. The first-order valence-electron chi connectivity index (χ1n) is 8.30. The molecule has 2 aliphatic rings. The van der Waals surface area contributed by atoms with E-state index < -0.39 is 5.60 Å². The van der Waals surface area contributed by atoms with Gasteiger partial charge in [-0.15, -0.1) is 0 Å². The molecule has 5 heteroatoms. The van der Waals surface area contributed by atoms with E-state index in [0.29, 0.717) is 5.92 Å². The number of piperidine rings is 2. The highest BCUT2D eigenvalue weighted by Gasteiger charge is 2.27. The number of hydrogen-bond acceptors (Lipinski definition) is 4. The number of hydroxylamine groups is 2. The minimum atomic E-state index is -0.411. The summed E-state index contributed by atoms with van der Waals surface area (Å²) in [5, 5.41) is 2.11. The maximum absolute atomic E-state index is 12.0. The van der Waals surface area contributed by atoms with Gasteiger partial charge in [-0.05, 0) is 52.4 Å². The van der Waals surface area contributed by atoms with E-state index in [2.05, 4.69) is 5.06 Å². The van der Waals surface area contributed by atoms with Crippen LogP contribution < -0.4 is 0 Å². The summed E-state index contributed by atoms with van der Waals surface area (Å²) in [5.41, 5.74) is -0.411. The van der Waals surface area contributed by atoms with E-state index in [1.54, 1.807) is 0 Å². The van der Waals surface area contributed by atoms with Crippen molar-refractivity contribution in [1.29, 1.82) is 0 Å². The minimum absolute atomic E-state index is 0.183. The van der Waals surface area contributed by atoms with Gasteiger partial charge in [-0.25, -0.2) is 4.79 Å². The van der Waals surface area contributed by atoms with Gasteiger partial charge in [0.2, 0.25) is 0 Å². The summed E-state index contributed by atoms with van der Waals surface area (Å²) >= 11 is 0. The van der Waals surface area contributed by atoms with Crippen LogP contribution in [-0.2, 0) is 9.57 Å². The average molecular weight is 298 g/mol. The van der Waals surface area contributed by atoms with Crippen molar-refractivity contribution in [3.63, 3.8) is 0 Å². The molecule has 2 saturated heterocycles. The molecule has 0 bridgehead atoms. The van der Waals surface area contributed by atoms with Crippen LogP contribution >= 0.6 is 0 Å². The van der Waals surface area contributed by atoms with Crippen LogP contribution in [0.3, 0.4) is 0 Å². The summed E-state index contributed by atoms with van der Waals surface area (Å²) in [6, 6.07) is 0. The Kier molecular flexibility index (Phi) is 5.88. The third-order valence-corrected chi connectivity index (χ3v) is 4.07. The molecule has 1 amide bonds. The smallest absolute Gasteiger partial charge is 0.410 e. The molecule has 5 nitrogen and oxygen atoms in total. The van der Waals surface area contributed by atoms with Crippen molar-refractivity contribution in [1.82, 2.24) is 9.96 Å². The van der Waals surface area contributed by atoms with Crippen molar-refractivity contribution in [3.05, 3.63) is 0 Å². The first kappa shape index (κ1) is 16.6. The number of ether oxygens (including phenoxy) is 1. The zero-order chi connectivity index (χ0) is 15.3. The van der Waals surface area contributed by atoms with Crippen molar-refractivity contribution in [2.24, 2.45) is 5.92 Å². The molecule has 0 aromatic carbocycles. The van der Waals surface area contributed by atoms with Crippen molar-refractivity contribution in [3.8, 4) is 0 Å². The number of nitrogens with zero attached hydrogens (tertiary/aromatic N) is 2. The van der Waals surface area contributed by atoms with Gasteiger partial charge >= 0.3 is 6.09 Å². The molecule has 2 heterocycles. The van der Waals surface area contributed by atoms with Gasteiger partial charge in [0, 0.05) is 26.2 Å². The molecule has 2 aliphatic heterocycles. The van der Waals surface area contributed by atoms with Gasteiger partial charge in [0.1, 0.15) is 5.60 Å². The molecular formula is C16H30N2O3. The molecule has 0 aromatic rings. The van der Waals surface area contributed by atoms with Crippen LogP contribution in [0.4, 0.5) is 4.79 Å². The van der Waals surface area contributed by atoms with E-state index >= 15 is 0 Å². The quantitative estimate of drug-likeness (QED) is 0.803. The van der Waals surface area contributed by atoms with Crippen LogP contribution in [0.2, 0.25) is 0 Å². The number of amides is 1. The standard InChI is InChI=1S/C16H30N2O3/c1-16(2,3)21-15(19)17-11-7-14(8-12-17)13-20-18-9-5-4-6-10-18/h14H,4-13H2,1-3H3. The average Bonchev–Trinajstić information content (AvgIpc) is 2.45. The second kappa shape index (κ2) is 7.45. The Labute approximate surface area is 128 Å². The van der Waals surface area contributed by atoms with Crippen molar-refractivity contribution < 1.29 is 14.4 Å². The Balaban J connectivity index is 1.64. The number of carbonyl (C=O) groups excluding carboxylic acids is 1. The van der Waals surface area contributed by atoms with Crippen LogP contribution in [-0.4, -0.2) is 54.4 Å². The maximum Gasteiger partial charge on any atom is 0.410 e. The molecular weight excluding hydrogens is 268 g/mol. The van der Waals surface area contributed by atoms with E-state index in [0.717, 1.165) is 45.6 Å². The predicted molar refractivity (Wildman–Crippen MR) is 81.9 cm³/mol. The van der Waals surface area contributed by atoms with Crippen LogP contribution in [0.5, 0.6) is 0 Å². The first-order chi connectivity index (χ1) is 9.94. The Morgan fingerprint density at radius 3 is 2.24 bits per heavy atom. The fourth-order valence-corrected chi connectivity index (χ4v) is 2.81. The summed E-state index contributed by atoms with van der Waals surface area (Å²) in [6.45, 7) is 10.2. The summed E-state index contributed by atoms with van der Waals surface area (Å²) in [4.78, 5) is 19.7. The second-order valence-corrected chi connectivity index (χ2v) is 7.20. The third-order valence-electron chi connectivity index (χ3n) is 4.07. The molecule has 0 aromatic heterocycles. The predicted octanol–water partition coefficient (Wildman–Crippen LogP) is 3.05. The molecule has 0 atom stereocenters. The van der Waals surface area contributed by atoms with Crippen LogP contribution in [0.25, 0.3) is 0 Å². The largest absolute Gasteiger partial charge is 0.444 e. The number of carbonyl (C=O) groups is 1. The lowest BCUT2D eigenvalue weighted by Crippen LogP contribution is -2.43. The Bertz CT molecular complexity index is 327. The molecule has 0 aliphatic carbocycles. The van der Waals surface area contributed by atoms with Gasteiger partial charge in [0.05, 0.1) is 6.61 Å². The highest BCUT2D eigenvalue weighted by atomic mass is 16.7. The third kappa shape index (κ3) is 5.83. The fraction of sp³-hybridized carbons (Fsp3) is 0.938. The summed E-state index contributed by atoms with van der Waals surface area (Å²) in [6.07, 6.45) is 5.65. The van der Waals surface area contributed by atoms with E-state index in [-0.39, 0.29) is 6.09 Å². The molecule has 122 valence electrons. The Morgan fingerprint density at radius 2 is 1.67 bits per heavy atom. The minimum Gasteiger partial charge on any atom is -0.444 e. The monoisotopic (exact) mass is 298 g/mol. The van der Waals surface area contributed by atoms with Crippen molar-refractivity contribution in [2.45, 2.75) is 58.5 Å². The zero-order valence-electron chi connectivity index (χ0n) is 13.8. The molecule has 0 radical (unpaired) electrons. The SMILES string of the molecule is CC(C)(C)OC(=O)N1CCC(CON2CCCCC2)CC1. The molecule has 0 saturated carbocycles. The zero-order valence-corrected chi connectivity index (χ0v) is 13.8. The summed E-state index contributed by atoms with van der Waals surface area (Å²) in [5.74, 6) is 0.561.